The molecule has 0 spiro atoms. The summed E-state index contributed by atoms with van der Waals surface area (Å²) in [6, 6.07) is 16.5. The molecule has 1 aliphatic heterocycles. The van der Waals surface area contributed by atoms with E-state index in [0.29, 0.717) is 17.7 Å². The molecule has 0 aromatic heterocycles. The Balaban J connectivity index is 1.49. The summed E-state index contributed by atoms with van der Waals surface area (Å²) in [6.07, 6.45) is 4.31. The molecule has 0 aliphatic carbocycles. The van der Waals surface area contributed by atoms with Crippen LogP contribution in [0.1, 0.15) is 65.7 Å². The van der Waals surface area contributed by atoms with Crippen molar-refractivity contribution in [2.24, 2.45) is 0 Å². The number of carbonyl (C=O) groups is 1. The molecule has 40 heavy (non-hydrogen) atoms. The highest BCUT2D eigenvalue weighted by Gasteiger charge is 2.24. The Bertz CT molecular complexity index is 1260. The Morgan fingerprint density at radius 2 is 1.77 bits per heavy atom. The molecular formula is C33H41F2N3O2. The molecule has 0 unspecified atom stereocenters. The number of aliphatic hydroxyl groups excluding tert-OH is 1. The largest absolute Gasteiger partial charge is 0.390 e. The molecule has 1 aliphatic rings. The Labute approximate surface area is 236 Å². The van der Waals surface area contributed by atoms with Gasteiger partial charge in [0.25, 0.3) is 5.91 Å². The number of hydrogen-bond donors (Lipinski definition) is 3. The lowest BCUT2D eigenvalue weighted by atomic mass is 9.97. The van der Waals surface area contributed by atoms with Crippen LogP contribution >= 0.6 is 0 Å². The lowest BCUT2D eigenvalue weighted by molar-refractivity contribution is 0.0830. The number of hydrogen-bond acceptors (Lipinski definition) is 4. The molecule has 0 radical (unpaired) electrons. The minimum absolute atomic E-state index is 0.0855. The van der Waals surface area contributed by atoms with E-state index in [1.165, 1.54) is 23.3 Å². The Morgan fingerprint density at radius 3 is 2.52 bits per heavy atom. The first-order valence-electron chi connectivity index (χ1n) is 14.5. The number of rotatable bonds is 13. The second kappa shape index (κ2) is 14.4. The summed E-state index contributed by atoms with van der Waals surface area (Å²) < 4.78 is 27.9. The summed E-state index contributed by atoms with van der Waals surface area (Å²) in [4.78, 5) is 15.8. The molecule has 7 heteroatoms. The molecule has 3 aromatic rings. The lowest BCUT2D eigenvalue weighted by Gasteiger charge is -2.32. The second-order valence-electron chi connectivity index (χ2n) is 10.7. The van der Waals surface area contributed by atoms with E-state index in [1.54, 1.807) is 0 Å². The second-order valence-corrected chi connectivity index (χ2v) is 10.7. The van der Waals surface area contributed by atoms with Crippen molar-refractivity contribution in [2.45, 2.75) is 71.1 Å². The van der Waals surface area contributed by atoms with E-state index in [1.807, 2.05) is 30.3 Å². The van der Waals surface area contributed by atoms with Crippen molar-refractivity contribution in [1.82, 2.24) is 10.6 Å². The number of carbonyl (C=O) groups excluding carboxylic acids is 1. The number of nitrogens with one attached hydrogen (secondary N) is 2. The predicted octanol–water partition coefficient (Wildman–Crippen LogP) is 5.57. The third-order valence-electron chi connectivity index (χ3n) is 7.59. The van der Waals surface area contributed by atoms with Crippen molar-refractivity contribution in [3.05, 3.63) is 100 Å². The standard InChI is InChI=1S/C33H41F2N3O2/c1-3-5-13-38-14-7-10-26-11-12-27(19-31(26)38)33(40)37-30(18-25-16-28(34)20-29(35)17-25)32(39)22-36-21-24-9-6-8-23(4-2)15-24/h6,8-9,11-12,15-17,19-20,30,32,36,39H,3-5,7,10,13-14,18,21-22H2,1-2H3,(H,37,40)/t30-,32+/m0/s1. The highest BCUT2D eigenvalue weighted by molar-refractivity contribution is 5.95. The number of benzene rings is 3. The van der Waals surface area contributed by atoms with Gasteiger partial charge in [-0.15, -0.1) is 0 Å². The zero-order valence-corrected chi connectivity index (χ0v) is 23.6. The van der Waals surface area contributed by atoms with Crippen LogP contribution in [0, 0.1) is 11.6 Å². The molecule has 0 saturated heterocycles. The van der Waals surface area contributed by atoms with Crippen LogP contribution in [0.25, 0.3) is 0 Å². The first-order valence-corrected chi connectivity index (χ1v) is 14.5. The Kier molecular flexibility index (Phi) is 10.7. The number of nitrogens with zero attached hydrogens (tertiary/aromatic N) is 1. The molecule has 1 amide bonds. The van der Waals surface area contributed by atoms with Gasteiger partial charge in [-0.3, -0.25) is 4.79 Å². The van der Waals surface area contributed by atoms with Gasteiger partial charge in [0.2, 0.25) is 0 Å². The molecule has 3 N–H and O–H groups in total. The number of fused-ring (bicyclic) bond motifs is 1. The zero-order valence-electron chi connectivity index (χ0n) is 23.6. The molecule has 2 atom stereocenters. The molecule has 0 saturated carbocycles. The van der Waals surface area contributed by atoms with Crippen LogP contribution in [-0.2, 0) is 25.8 Å². The molecule has 0 bridgehead atoms. The van der Waals surface area contributed by atoms with Gasteiger partial charge in [0.05, 0.1) is 12.1 Å². The Morgan fingerprint density at radius 1 is 1.00 bits per heavy atom. The van der Waals surface area contributed by atoms with E-state index < -0.39 is 23.8 Å². The zero-order chi connectivity index (χ0) is 28.5. The van der Waals surface area contributed by atoms with Crippen molar-refractivity contribution in [3.8, 4) is 0 Å². The van der Waals surface area contributed by atoms with Gasteiger partial charge in [-0.05, 0) is 78.6 Å². The van der Waals surface area contributed by atoms with E-state index >= 15 is 0 Å². The first kappa shape index (κ1) is 29.7. The summed E-state index contributed by atoms with van der Waals surface area (Å²) >= 11 is 0. The maximum Gasteiger partial charge on any atom is 0.251 e. The van der Waals surface area contributed by atoms with Crippen molar-refractivity contribution in [1.29, 1.82) is 0 Å². The van der Waals surface area contributed by atoms with Crippen molar-refractivity contribution in [2.75, 3.05) is 24.5 Å². The monoisotopic (exact) mass is 549 g/mol. The van der Waals surface area contributed by atoms with Gasteiger partial charge in [-0.25, -0.2) is 8.78 Å². The van der Waals surface area contributed by atoms with Crippen LogP contribution in [0.3, 0.4) is 0 Å². The smallest absolute Gasteiger partial charge is 0.251 e. The van der Waals surface area contributed by atoms with Gasteiger partial charge in [-0.2, -0.15) is 0 Å². The highest BCUT2D eigenvalue weighted by Crippen LogP contribution is 2.28. The van der Waals surface area contributed by atoms with Crippen molar-refractivity contribution >= 4 is 11.6 Å². The van der Waals surface area contributed by atoms with Crippen LogP contribution < -0.4 is 15.5 Å². The van der Waals surface area contributed by atoms with Crippen LogP contribution in [0.4, 0.5) is 14.5 Å². The quantitative estimate of drug-likeness (QED) is 0.261. The predicted molar refractivity (Wildman–Crippen MR) is 157 cm³/mol. The molecule has 5 nitrogen and oxygen atoms in total. The van der Waals surface area contributed by atoms with E-state index in [2.05, 4.69) is 41.5 Å². The maximum atomic E-state index is 13.9. The van der Waals surface area contributed by atoms with E-state index in [4.69, 9.17) is 0 Å². The minimum atomic E-state index is -0.983. The number of halogens is 2. The first-order chi connectivity index (χ1) is 19.4. The average molecular weight is 550 g/mol. The Hall–Kier alpha value is -3.29. The topological polar surface area (TPSA) is 64.6 Å². The van der Waals surface area contributed by atoms with E-state index in [-0.39, 0.29) is 18.9 Å². The third-order valence-corrected chi connectivity index (χ3v) is 7.59. The minimum Gasteiger partial charge on any atom is -0.390 e. The summed E-state index contributed by atoms with van der Waals surface area (Å²) in [7, 11) is 0. The number of aryl methyl sites for hydroxylation is 2. The fourth-order valence-corrected chi connectivity index (χ4v) is 5.36. The summed E-state index contributed by atoms with van der Waals surface area (Å²) in [6.45, 7) is 6.95. The fourth-order valence-electron chi connectivity index (χ4n) is 5.36. The SMILES string of the molecule is CCCCN1CCCc2ccc(C(=O)N[C@@H](Cc3cc(F)cc(F)c3)[C@H](O)CNCc3cccc(CC)c3)cc21. The van der Waals surface area contributed by atoms with Gasteiger partial charge < -0.3 is 20.6 Å². The molecule has 4 rings (SSSR count). The lowest BCUT2D eigenvalue weighted by Crippen LogP contribution is -2.48. The normalized spacial score (nSPS) is 14.5. The molecule has 214 valence electrons. The summed E-state index contributed by atoms with van der Waals surface area (Å²) in [5.74, 6) is -1.70. The van der Waals surface area contributed by atoms with Gasteiger partial charge >= 0.3 is 0 Å². The number of amides is 1. The molecular weight excluding hydrogens is 508 g/mol. The van der Waals surface area contributed by atoms with Gasteiger partial charge in [0, 0.05) is 43.5 Å². The van der Waals surface area contributed by atoms with E-state index in [9.17, 15) is 18.7 Å². The van der Waals surface area contributed by atoms with Crippen LogP contribution in [0.15, 0.2) is 60.7 Å². The molecule has 0 fully saturated rings. The highest BCUT2D eigenvalue weighted by atomic mass is 19.1. The van der Waals surface area contributed by atoms with Crippen LogP contribution in [0.2, 0.25) is 0 Å². The maximum absolute atomic E-state index is 13.9. The molecule has 3 aromatic carbocycles. The van der Waals surface area contributed by atoms with Gasteiger partial charge in [0.15, 0.2) is 0 Å². The fraction of sp³-hybridized carbons (Fsp3) is 0.424. The number of unbranched alkanes of at least 4 members (excludes halogenated alkanes) is 1. The van der Waals surface area contributed by atoms with Crippen molar-refractivity contribution < 1.29 is 18.7 Å². The van der Waals surface area contributed by atoms with E-state index in [0.717, 1.165) is 62.5 Å². The van der Waals surface area contributed by atoms with Crippen LogP contribution in [0.5, 0.6) is 0 Å². The third kappa shape index (κ3) is 8.12. The summed E-state index contributed by atoms with van der Waals surface area (Å²) in [5.41, 5.74) is 5.54. The summed E-state index contributed by atoms with van der Waals surface area (Å²) in [5, 5.41) is 17.4. The molecule has 1 heterocycles. The number of anilines is 1. The average Bonchev–Trinajstić information content (AvgIpc) is 2.95. The van der Waals surface area contributed by atoms with Crippen molar-refractivity contribution in [3.63, 3.8) is 0 Å². The number of aliphatic hydroxyl groups is 1. The van der Waals surface area contributed by atoms with Gasteiger partial charge in [-0.1, -0.05) is 50.6 Å². The van der Waals surface area contributed by atoms with Crippen LogP contribution in [-0.4, -0.2) is 42.8 Å². The van der Waals surface area contributed by atoms with Gasteiger partial charge in [0.1, 0.15) is 11.6 Å².